The molecule has 0 bridgehead atoms. The van der Waals surface area contributed by atoms with Crippen LogP contribution < -0.4 is 10.1 Å². The molecule has 1 rings (SSSR count). The van der Waals surface area contributed by atoms with E-state index in [0.29, 0.717) is 18.9 Å². The number of benzene rings is 1. The standard InChI is InChI=1S/C14H21NO3/c1-4-12-5-7-13(8-6-12)18-11(2)14(16)15-9-10-17-3/h5-8,11H,4,9-10H2,1-3H3,(H,15,16). The van der Waals surface area contributed by atoms with E-state index in [1.54, 1.807) is 14.0 Å². The summed E-state index contributed by atoms with van der Waals surface area (Å²) in [5, 5.41) is 2.74. The van der Waals surface area contributed by atoms with E-state index in [2.05, 4.69) is 12.2 Å². The van der Waals surface area contributed by atoms with Gasteiger partial charge in [0.25, 0.3) is 5.91 Å². The van der Waals surface area contributed by atoms with E-state index < -0.39 is 6.10 Å². The van der Waals surface area contributed by atoms with Crippen molar-refractivity contribution in [3.8, 4) is 5.75 Å². The van der Waals surface area contributed by atoms with Gasteiger partial charge >= 0.3 is 0 Å². The van der Waals surface area contributed by atoms with Crippen molar-refractivity contribution in [2.24, 2.45) is 0 Å². The zero-order chi connectivity index (χ0) is 13.4. The molecule has 1 N–H and O–H groups in total. The van der Waals surface area contributed by atoms with Crippen molar-refractivity contribution >= 4 is 5.91 Å². The Morgan fingerprint density at radius 1 is 1.33 bits per heavy atom. The lowest BCUT2D eigenvalue weighted by Gasteiger charge is -2.14. The molecule has 4 nitrogen and oxygen atoms in total. The highest BCUT2D eigenvalue weighted by atomic mass is 16.5. The van der Waals surface area contributed by atoms with Gasteiger partial charge in [0.1, 0.15) is 5.75 Å². The molecular formula is C14H21NO3. The van der Waals surface area contributed by atoms with Crippen molar-refractivity contribution in [1.29, 1.82) is 0 Å². The fraction of sp³-hybridized carbons (Fsp3) is 0.500. The lowest BCUT2D eigenvalue weighted by Crippen LogP contribution is -2.37. The number of carbonyl (C=O) groups excluding carboxylic acids is 1. The van der Waals surface area contributed by atoms with E-state index in [9.17, 15) is 4.79 Å². The maximum atomic E-state index is 11.7. The maximum absolute atomic E-state index is 11.7. The molecular weight excluding hydrogens is 230 g/mol. The third-order valence-electron chi connectivity index (χ3n) is 2.62. The Morgan fingerprint density at radius 3 is 2.56 bits per heavy atom. The number of nitrogens with one attached hydrogen (secondary N) is 1. The number of amides is 1. The quantitative estimate of drug-likeness (QED) is 0.751. The van der Waals surface area contributed by atoms with Crippen LogP contribution >= 0.6 is 0 Å². The molecule has 1 unspecified atom stereocenters. The number of hydrogen-bond acceptors (Lipinski definition) is 3. The van der Waals surface area contributed by atoms with Crippen LogP contribution in [0, 0.1) is 0 Å². The van der Waals surface area contributed by atoms with Gasteiger partial charge in [-0.05, 0) is 31.0 Å². The molecule has 0 aliphatic carbocycles. The largest absolute Gasteiger partial charge is 0.481 e. The highest BCUT2D eigenvalue weighted by molar-refractivity contribution is 5.80. The lowest BCUT2D eigenvalue weighted by molar-refractivity contribution is -0.127. The lowest BCUT2D eigenvalue weighted by atomic mass is 10.2. The first kappa shape index (κ1) is 14.5. The molecule has 0 saturated heterocycles. The van der Waals surface area contributed by atoms with Gasteiger partial charge in [-0.2, -0.15) is 0 Å². The fourth-order valence-electron chi connectivity index (χ4n) is 1.48. The molecule has 100 valence electrons. The number of methoxy groups -OCH3 is 1. The van der Waals surface area contributed by atoms with Gasteiger partial charge in [-0.3, -0.25) is 4.79 Å². The van der Waals surface area contributed by atoms with Crippen LogP contribution in [0.15, 0.2) is 24.3 Å². The summed E-state index contributed by atoms with van der Waals surface area (Å²) in [5.74, 6) is 0.577. The van der Waals surface area contributed by atoms with Crippen LogP contribution in [0.4, 0.5) is 0 Å². The van der Waals surface area contributed by atoms with E-state index in [-0.39, 0.29) is 5.91 Å². The summed E-state index contributed by atoms with van der Waals surface area (Å²) < 4.78 is 10.4. The first-order valence-electron chi connectivity index (χ1n) is 6.19. The Morgan fingerprint density at radius 2 is 2.00 bits per heavy atom. The molecule has 0 fully saturated rings. The van der Waals surface area contributed by atoms with Crippen molar-refractivity contribution in [2.45, 2.75) is 26.4 Å². The Balaban J connectivity index is 2.42. The van der Waals surface area contributed by atoms with Crippen LogP contribution in [0.25, 0.3) is 0 Å². The van der Waals surface area contributed by atoms with Crippen LogP contribution in [0.3, 0.4) is 0 Å². The Bertz CT molecular complexity index is 362. The van der Waals surface area contributed by atoms with Crippen molar-refractivity contribution in [3.05, 3.63) is 29.8 Å². The molecule has 18 heavy (non-hydrogen) atoms. The second kappa shape index (κ2) is 7.71. The zero-order valence-corrected chi connectivity index (χ0v) is 11.2. The van der Waals surface area contributed by atoms with Crippen molar-refractivity contribution < 1.29 is 14.3 Å². The van der Waals surface area contributed by atoms with Gasteiger partial charge in [0.15, 0.2) is 6.10 Å². The molecule has 0 saturated carbocycles. The molecule has 0 aliphatic rings. The third-order valence-corrected chi connectivity index (χ3v) is 2.62. The summed E-state index contributed by atoms with van der Waals surface area (Å²) in [4.78, 5) is 11.7. The normalized spacial score (nSPS) is 11.9. The van der Waals surface area contributed by atoms with Crippen LogP contribution in [0.2, 0.25) is 0 Å². The van der Waals surface area contributed by atoms with Crippen molar-refractivity contribution in [1.82, 2.24) is 5.32 Å². The molecule has 0 radical (unpaired) electrons. The highest BCUT2D eigenvalue weighted by Gasteiger charge is 2.13. The average Bonchev–Trinajstić information content (AvgIpc) is 2.39. The number of ether oxygens (including phenoxy) is 2. The van der Waals surface area contributed by atoms with Gasteiger partial charge in [-0.15, -0.1) is 0 Å². The monoisotopic (exact) mass is 251 g/mol. The summed E-state index contributed by atoms with van der Waals surface area (Å²) in [6, 6.07) is 7.78. The number of hydrogen-bond donors (Lipinski definition) is 1. The Kier molecular flexibility index (Phi) is 6.22. The van der Waals surface area contributed by atoms with E-state index >= 15 is 0 Å². The molecule has 1 aromatic carbocycles. The Hall–Kier alpha value is -1.55. The molecule has 0 aliphatic heterocycles. The van der Waals surface area contributed by atoms with Gasteiger partial charge in [0, 0.05) is 13.7 Å². The van der Waals surface area contributed by atoms with E-state index in [1.165, 1.54) is 5.56 Å². The van der Waals surface area contributed by atoms with Crippen LogP contribution in [0.5, 0.6) is 5.75 Å². The fourth-order valence-corrected chi connectivity index (χ4v) is 1.48. The summed E-state index contributed by atoms with van der Waals surface area (Å²) in [5.41, 5.74) is 1.25. The van der Waals surface area contributed by atoms with Gasteiger partial charge < -0.3 is 14.8 Å². The number of aryl methyl sites for hydroxylation is 1. The summed E-state index contributed by atoms with van der Waals surface area (Å²) in [6.45, 7) is 4.83. The van der Waals surface area contributed by atoms with Gasteiger partial charge in [0.05, 0.1) is 6.61 Å². The topological polar surface area (TPSA) is 47.6 Å². The van der Waals surface area contributed by atoms with E-state index in [0.717, 1.165) is 6.42 Å². The second-order valence-corrected chi connectivity index (χ2v) is 4.04. The van der Waals surface area contributed by atoms with Crippen LogP contribution in [-0.4, -0.2) is 32.3 Å². The number of rotatable bonds is 7. The zero-order valence-electron chi connectivity index (χ0n) is 11.2. The first-order valence-corrected chi connectivity index (χ1v) is 6.19. The molecule has 4 heteroatoms. The minimum atomic E-state index is -0.505. The minimum Gasteiger partial charge on any atom is -0.481 e. The highest BCUT2D eigenvalue weighted by Crippen LogP contribution is 2.14. The predicted molar refractivity (Wildman–Crippen MR) is 70.8 cm³/mol. The van der Waals surface area contributed by atoms with Crippen LogP contribution in [-0.2, 0) is 16.0 Å². The molecule has 1 amide bonds. The predicted octanol–water partition coefficient (Wildman–Crippen LogP) is 1.78. The van der Waals surface area contributed by atoms with E-state index in [4.69, 9.17) is 9.47 Å². The van der Waals surface area contributed by atoms with Crippen molar-refractivity contribution in [2.75, 3.05) is 20.3 Å². The molecule has 0 spiro atoms. The summed E-state index contributed by atoms with van der Waals surface area (Å²) in [7, 11) is 1.60. The smallest absolute Gasteiger partial charge is 0.260 e. The summed E-state index contributed by atoms with van der Waals surface area (Å²) >= 11 is 0. The number of carbonyl (C=O) groups is 1. The van der Waals surface area contributed by atoms with Gasteiger partial charge in [-0.1, -0.05) is 19.1 Å². The van der Waals surface area contributed by atoms with Crippen molar-refractivity contribution in [3.63, 3.8) is 0 Å². The van der Waals surface area contributed by atoms with Gasteiger partial charge in [-0.25, -0.2) is 0 Å². The van der Waals surface area contributed by atoms with Crippen LogP contribution in [0.1, 0.15) is 19.4 Å². The average molecular weight is 251 g/mol. The third kappa shape index (κ3) is 4.75. The van der Waals surface area contributed by atoms with Gasteiger partial charge in [0.2, 0.25) is 0 Å². The molecule has 1 aromatic rings. The Labute approximate surface area is 108 Å². The molecule has 1 atom stereocenters. The van der Waals surface area contributed by atoms with E-state index in [1.807, 2.05) is 24.3 Å². The SMILES string of the molecule is CCc1ccc(OC(C)C(=O)NCCOC)cc1. The first-order chi connectivity index (χ1) is 8.67. The maximum Gasteiger partial charge on any atom is 0.260 e. The summed E-state index contributed by atoms with van der Waals surface area (Å²) in [6.07, 6.45) is 0.488. The minimum absolute atomic E-state index is 0.133. The molecule has 0 heterocycles. The second-order valence-electron chi connectivity index (χ2n) is 4.04. The molecule has 0 aromatic heterocycles.